The number of carbonyl (C=O) groups excluding carboxylic acids is 1. The molecule has 1 amide bonds. The molecule has 0 bridgehead atoms. The van der Waals surface area contributed by atoms with Crippen LogP contribution in [0.1, 0.15) is 21.7 Å². The lowest BCUT2D eigenvalue weighted by Crippen LogP contribution is -2.41. The standard InChI is InChI=1S/C24H23FN4O5/c1-14-16-9-6-10-17(25)20(16)34-19(14)23(31)29(13-15-7-4-3-5-8-15)18-21(26)28(11-12-33-2)24(32)27-22(18)30/h3-10H,11-13,26H2,1-2H3,(H,27,30,32). The van der Waals surface area contributed by atoms with Crippen LogP contribution in [0.3, 0.4) is 0 Å². The molecular formula is C24H23FN4O5. The molecule has 0 aliphatic heterocycles. The van der Waals surface area contributed by atoms with Crippen LogP contribution < -0.4 is 21.9 Å². The summed E-state index contributed by atoms with van der Waals surface area (Å²) in [5.41, 5.74) is 5.52. The predicted molar refractivity (Wildman–Crippen MR) is 125 cm³/mol. The summed E-state index contributed by atoms with van der Waals surface area (Å²) in [6.45, 7) is 1.80. The molecule has 0 atom stereocenters. The van der Waals surface area contributed by atoms with Crippen LogP contribution in [0.4, 0.5) is 15.9 Å². The molecule has 0 saturated carbocycles. The minimum atomic E-state index is -0.833. The topological polar surface area (TPSA) is 124 Å². The number of carbonyl (C=O) groups is 1. The first-order valence-corrected chi connectivity index (χ1v) is 10.5. The molecule has 176 valence electrons. The first-order chi connectivity index (χ1) is 16.3. The molecule has 0 aliphatic carbocycles. The summed E-state index contributed by atoms with van der Waals surface area (Å²) in [7, 11) is 1.46. The van der Waals surface area contributed by atoms with E-state index in [4.69, 9.17) is 14.9 Å². The molecule has 4 rings (SSSR count). The maximum atomic E-state index is 14.3. The molecule has 0 aliphatic rings. The van der Waals surface area contributed by atoms with Gasteiger partial charge in [0.1, 0.15) is 5.82 Å². The fourth-order valence-electron chi connectivity index (χ4n) is 3.80. The number of nitrogens with one attached hydrogen (secondary N) is 1. The van der Waals surface area contributed by atoms with Gasteiger partial charge in [-0.05, 0) is 18.6 Å². The Kier molecular flexibility index (Phi) is 6.33. The van der Waals surface area contributed by atoms with E-state index in [-0.39, 0.29) is 42.5 Å². The quantitative estimate of drug-likeness (QED) is 0.432. The van der Waals surface area contributed by atoms with Crippen molar-refractivity contribution in [2.45, 2.75) is 20.0 Å². The zero-order chi connectivity index (χ0) is 24.4. The number of benzene rings is 2. The molecule has 34 heavy (non-hydrogen) atoms. The lowest BCUT2D eigenvalue weighted by molar-refractivity contribution is 0.0959. The number of anilines is 2. The number of hydrogen-bond acceptors (Lipinski definition) is 6. The van der Waals surface area contributed by atoms with Crippen LogP contribution in [-0.2, 0) is 17.8 Å². The van der Waals surface area contributed by atoms with Crippen molar-refractivity contribution in [3.63, 3.8) is 0 Å². The Hall–Kier alpha value is -4.18. The summed E-state index contributed by atoms with van der Waals surface area (Å²) < 4.78 is 26.1. The van der Waals surface area contributed by atoms with E-state index in [1.807, 2.05) is 6.07 Å². The van der Waals surface area contributed by atoms with E-state index in [0.29, 0.717) is 16.5 Å². The van der Waals surface area contributed by atoms with Gasteiger partial charge < -0.3 is 14.9 Å². The van der Waals surface area contributed by atoms with E-state index < -0.39 is 23.0 Å². The molecule has 4 aromatic rings. The number of rotatable bonds is 7. The number of aromatic amines is 1. The highest BCUT2D eigenvalue weighted by Gasteiger charge is 2.30. The van der Waals surface area contributed by atoms with Crippen LogP contribution >= 0.6 is 0 Å². The zero-order valence-corrected chi connectivity index (χ0v) is 18.6. The number of nitrogens with two attached hydrogens (primary N) is 1. The molecule has 3 N–H and O–H groups in total. The highest BCUT2D eigenvalue weighted by molar-refractivity contribution is 6.08. The predicted octanol–water partition coefficient (Wildman–Crippen LogP) is 2.81. The van der Waals surface area contributed by atoms with Crippen molar-refractivity contribution in [3.8, 4) is 0 Å². The monoisotopic (exact) mass is 466 g/mol. The molecule has 0 fully saturated rings. The Morgan fingerprint density at radius 3 is 2.59 bits per heavy atom. The van der Waals surface area contributed by atoms with Gasteiger partial charge in [-0.1, -0.05) is 42.5 Å². The largest absolute Gasteiger partial charge is 0.448 e. The number of nitrogens with zero attached hydrogens (tertiary/aromatic N) is 2. The van der Waals surface area contributed by atoms with E-state index in [0.717, 1.165) is 9.47 Å². The van der Waals surface area contributed by atoms with Gasteiger partial charge in [-0.15, -0.1) is 0 Å². The Bertz CT molecular complexity index is 1470. The van der Waals surface area contributed by atoms with E-state index in [1.54, 1.807) is 37.3 Å². The average molecular weight is 466 g/mol. The van der Waals surface area contributed by atoms with Crippen molar-refractivity contribution >= 4 is 28.4 Å². The van der Waals surface area contributed by atoms with Gasteiger partial charge in [0, 0.05) is 18.1 Å². The fourth-order valence-corrected chi connectivity index (χ4v) is 3.80. The maximum absolute atomic E-state index is 14.3. The fraction of sp³-hybridized carbons (Fsp3) is 0.208. The number of furan rings is 1. The average Bonchev–Trinajstić information content (AvgIpc) is 3.16. The molecule has 2 heterocycles. The Labute approximate surface area is 193 Å². The second kappa shape index (κ2) is 9.36. The van der Waals surface area contributed by atoms with Crippen LogP contribution in [-0.4, -0.2) is 29.2 Å². The van der Waals surface area contributed by atoms with E-state index in [1.165, 1.54) is 19.2 Å². The molecule has 9 nitrogen and oxygen atoms in total. The van der Waals surface area contributed by atoms with Gasteiger partial charge in [-0.3, -0.25) is 24.0 Å². The summed E-state index contributed by atoms with van der Waals surface area (Å²) in [6.07, 6.45) is 0. The third kappa shape index (κ3) is 4.11. The molecular weight excluding hydrogens is 443 g/mol. The Balaban J connectivity index is 1.91. The highest BCUT2D eigenvalue weighted by atomic mass is 19.1. The van der Waals surface area contributed by atoms with Gasteiger partial charge in [-0.2, -0.15) is 0 Å². The van der Waals surface area contributed by atoms with Gasteiger partial charge in [0.25, 0.3) is 11.5 Å². The van der Waals surface area contributed by atoms with Crippen LogP contribution in [0.2, 0.25) is 0 Å². The smallest absolute Gasteiger partial charge is 0.330 e. The summed E-state index contributed by atoms with van der Waals surface area (Å²) in [5, 5.41) is 0.440. The molecule has 0 radical (unpaired) electrons. The number of aromatic nitrogens is 2. The third-order valence-corrected chi connectivity index (χ3v) is 5.54. The van der Waals surface area contributed by atoms with Crippen molar-refractivity contribution in [1.29, 1.82) is 0 Å². The van der Waals surface area contributed by atoms with Gasteiger partial charge in [0.2, 0.25) is 0 Å². The third-order valence-electron chi connectivity index (χ3n) is 5.54. The van der Waals surface area contributed by atoms with Gasteiger partial charge in [-0.25, -0.2) is 9.18 Å². The van der Waals surface area contributed by atoms with Gasteiger partial charge in [0.05, 0.1) is 19.7 Å². The lowest BCUT2D eigenvalue weighted by Gasteiger charge is -2.24. The van der Waals surface area contributed by atoms with Crippen molar-refractivity contribution in [3.05, 3.63) is 92.1 Å². The first kappa shape index (κ1) is 23.0. The number of H-pyrrole nitrogens is 1. The summed E-state index contributed by atoms with van der Waals surface area (Å²) in [5.74, 6) is -1.65. The van der Waals surface area contributed by atoms with Crippen molar-refractivity contribution < 1.29 is 18.3 Å². The number of methoxy groups -OCH3 is 1. The number of halogens is 1. The zero-order valence-electron chi connectivity index (χ0n) is 18.6. The summed E-state index contributed by atoms with van der Waals surface area (Å²) in [4.78, 5) is 42.4. The van der Waals surface area contributed by atoms with E-state index in [2.05, 4.69) is 4.98 Å². The number of ether oxygens (including phenoxy) is 1. The second-order valence-electron chi connectivity index (χ2n) is 7.69. The van der Waals surface area contributed by atoms with E-state index >= 15 is 0 Å². The van der Waals surface area contributed by atoms with Crippen LogP contribution in [0.5, 0.6) is 0 Å². The molecule has 0 saturated heterocycles. The highest BCUT2D eigenvalue weighted by Crippen LogP contribution is 2.30. The number of hydrogen-bond donors (Lipinski definition) is 2. The number of nitrogen functional groups attached to an aromatic ring is 1. The second-order valence-corrected chi connectivity index (χ2v) is 7.69. The normalized spacial score (nSPS) is 11.1. The molecule has 0 spiro atoms. The summed E-state index contributed by atoms with van der Waals surface area (Å²) >= 11 is 0. The SMILES string of the molecule is COCCn1c(N)c(N(Cc2ccccc2)C(=O)c2oc3c(F)cccc3c2C)c(=O)[nH]c1=O. The minimum Gasteiger partial charge on any atom is -0.448 e. The van der Waals surface area contributed by atoms with Crippen molar-refractivity contribution in [1.82, 2.24) is 9.55 Å². The lowest BCUT2D eigenvalue weighted by atomic mass is 10.1. The van der Waals surface area contributed by atoms with Crippen LogP contribution in [0.15, 0.2) is 62.5 Å². The van der Waals surface area contributed by atoms with Crippen molar-refractivity contribution in [2.75, 3.05) is 24.4 Å². The van der Waals surface area contributed by atoms with Crippen molar-refractivity contribution in [2.24, 2.45) is 0 Å². The molecule has 0 unspecified atom stereocenters. The molecule has 10 heteroatoms. The number of aryl methyl sites for hydroxylation is 1. The van der Waals surface area contributed by atoms with Crippen LogP contribution in [0.25, 0.3) is 11.0 Å². The van der Waals surface area contributed by atoms with Gasteiger partial charge >= 0.3 is 5.69 Å². The first-order valence-electron chi connectivity index (χ1n) is 10.5. The summed E-state index contributed by atoms with van der Waals surface area (Å²) in [6, 6.07) is 13.3. The van der Waals surface area contributed by atoms with Gasteiger partial charge in [0.15, 0.2) is 22.8 Å². The number of amides is 1. The number of para-hydroxylation sites is 1. The van der Waals surface area contributed by atoms with Crippen LogP contribution in [0, 0.1) is 12.7 Å². The minimum absolute atomic E-state index is 0.0472. The molecule has 2 aromatic carbocycles. The maximum Gasteiger partial charge on any atom is 0.330 e. The number of fused-ring (bicyclic) bond motifs is 1. The molecule has 2 aromatic heterocycles. The Morgan fingerprint density at radius 1 is 1.18 bits per heavy atom. The Morgan fingerprint density at radius 2 is 1.91 bits per heavy atom. The van der Waals surface area contributed by atoms with E-state index in [9.17, 15) is 18.8 Å².